The average Bonchev–Trinajstić information content (AvgIpc) is 2.46. The predicted molar refractivity (Wildman–Crippen MR) is 78.9 cm³/mol. The molecular formula is C15H16BrNO2. The Labute approximate surface area is 121 Å². The van der Waals surface area contributed by atoms with Crippen molar-refractivity contribution in [3.05, 3.63) is 64.1 Å². The molecule has 1 atom stereocenters. The number of ether oxygens (including phenoxy) is 1. The molecule has 2 aromatic carbocycles. The number of aliphatic hydroxyl groups is 1. The number of hydrogen-bond donors (Lipinski definition) is 2. The minimum Gasteiger partial charge on any atom is -0.484 e. The highest BCUT2D eigenvalue weighted by Gasteiger charge is 2.13. The van der Waals surface area contributed by atoms with E-state index < -0.39 is 0 Å². The van der Waals surface area contributed by atoms with E-state index in [-0.39, 0.29) is 12.7 Å². The van der Waals surface area contributed by atoms with Crippen LogP contribution < -0.4 is 10.5 Å². The fraction of sp³-hybridized carbons (Fsp3) is 0.200. The Morgan fingerprint density at radius 3 is 2.42 bits per heavy atom. The van der Waals surface area contributed by atoms with Crippen LogP contribution in [-0.4, -0.2) is 11.7 Å². The van der Waals surface area contributed by atoms with Gasteiger partial charge in [0, 0.05) is 16.6 Å². The summed E-state index contributed by atoms with van der Waals surface area (Å²) in [4.78, 5) is 0. The van der Waals surface area contributed by atoms with E-state index in [1.54, 1.807) is 0 Å². The summed E-state index contributed by atoms with van der Waals surface area (Å²) >= 11 is 3.40. The highest BCUT2D eigenvalue weighted by Crippen LogP contribution is 2.25. The maximum atomic E-state index is 9.29. The van der Waals surface area contributed by atoms with Crippen molar-refractivity contribution >= 4 is 15.9 Å². The molecule has 0 aliphatic rings. The summed E-state index contributed by atoms with van der Waals surface area (Å²) in [5, 5.41) is 9.29. The molecule has 0 saturated heterocycles. The lowest BCUT2D eigenvalue weighted by Crippen LogP contribution is -2.19. The van der Waals surface area contributed by atoms with Crippen LogP contribution >= 0.6 is 15.9 Å². The summed E-state index contributed by atoms with van der Waals surface area (Å²) in [5.41, 5.74) is 7.56. The Morgan fingerprint density at radius 2 is 1.79 bits per heavy atom. The van der Waals surface area contributed by atoms with Crippen molar-refractivity contribution in [2.45, 2.75) is 12.7 Å². The van der Waals surface area contributed by atoms with Crippen molar-refractivity contribution in [2.75, 3.05) is 6.54 Å². The number of rotatable bonds is 5. The van der Waals surface area contributed by atoms with E-state index in [0.717, 1.165) is 15.6 Å². The van der Waals surface area contributed by atoms with Crippen molar-refractivity contribution in [2.24, 2.45) is 5.73 Å². The Bertz CT molecular complexity index is 528. The van der Waals surface area contributed by atoms with Crippen LogP contribution in [0.25, 0.3) is 0 Å². The van der Waals surface area contributed by atoms with Gasteiger partial charge in [0.25, 0.3) is 0 Å². The molecule has 0 radical (unpaired) electrons. The third kappa shape index (κ3) is 3.56. The van der Waals surface area contributed by atoms with Crippen LogP contribution in [0.4, 0.5) is 0 Å². The molecule has 3 N–H and O–H groups in total. The molecule has 0 aliphatic carbocycles. The molecule has 100 valence electrons. The van der Waals surface area contributed by atoms with Gasteiger partial charge in [-0.05, 0) is 23.8 Å². The van der Waals surface area contributed by atoms with Gasteiger partial charge in [-0.3, -0.25) is 0 Å². The molecular weight excluding hydrogens is 306 g/mol. The summed E-state index contributed by atoms with van der Waals surface area (Å²) in [5.74, 6) is 0.670. The van der Waals surface area contributed by atoms with Gasteiger partial charge in [-0.1, -0.05) is 46.3 Å². The standard InChI is InChI=1S/C15H16BrNO2/c16-13-7-5-11(6-8-13)15(9-17)19-14-4-2-1-3-12(14)10-18/h1-8,15,18H,9-10,17H2. The summed E-state index contributed by atoms with van der Waals surface area (Å²) < 4.78 is 6.93. The second-order valence-electron chi connectivity index (χ2n) is 4.16. The minimum atomic E-state index is -0.221. The zero-order chi connectivity index (χ0) is 13.7. The monoisotopic (exact) mass is 321 g/mol. The van der Waals surface area contributed by atoms with Gasteiger partial charge in [0.05, 0.1) is 6.61 Å². The fourth-order valence-corrected chi connectivity index (χ4v) is 2.10. The zero-order valence-electron chi connectivity index (χ0n) is 10.4. The van der Waals surface area contributed by atoms with Crippen LogP contribution in [0.5, 0.6) is 5.75 Å². The van der Waals surface area contributed by atoms with E-state index in [2.05, 4.69) is 15.9 Å². The molecule has 0 aliphatic heterocycles. The first-order valence-corrected chi connectivity index (χ1v) is 6.85. The lowest BCUT2D eigenvalue weighted by molar-refractivity contribution is 0.203. The van der Waals surface area contributed by atoms with Gasteiger partial charge in [-0.15, -0.1) is 0 Å². The molecule has 0 heterocycles. The van der Waals surface area contributed by atoms with Gasteiger partial charge < -0.3 is 15.6 Å². The Balaban J connectivity index is 2.21. The second-order valence-corrected chi connectivity index (χ2v) is 5.08. The van der Waals surface area contributed by atoms with E-state index in [9.17, 15) is 5.11 Å². The van der Waals surface area contributed by atoms with Gasteiger partial charge in [0.2, 0.25) is 0 Å². The van der Waals surface area contributed by atoms with E-state index in [1.165, 1.54) is 0 Å². The molecule has 2 aromatic rings. The summed E-state index contributed by atoms with van der Waals surface area (Å²) in [7, 11) is 0. The number of nitrogens with two attached hydrogens (primary N) is 1. The largest absolute Gasteiger partial charge is 0.484 e. The van der Waals surface area contributed by atoms with Gasteiger partial charge in [0.15, 0.2) is 0 Å². The fourth-order valence-electron chi connectivity index (χ4n) is 1.83. The van der Waals surface area contributed by atoms with Crippen molar-refractivity contribution in [1.29, 1.82) is 0 Å². The van der Waals surface area contributed by atoms with Crippen molar-refractivity contribution in [3.63, 3.8) is 0 Å². The Morgan fingerprint density at radius 1 is 1.11 bits per heavy atom. The first-order chi connectivity index (χ1) is 9.24. The average molecular weight is 322 g/mol. The number of aliphatic hydroxyl groups excluding tert-OH is 1. The molecule has 2 rings (SSSR count). The van der Waals surface area contributed by atoms with Crippen LogP contribution in [0.15, 0.2) is 53.0 Å². The van der Waals surface area contributed by atoms with E-state index in [0.29, 0.717) is 12.3 Å². The van der Waals surface area contributed by atoms with Crippen LogP contribution in [0.2, 0.25) is 0 Å². The molecule has 0 aromatic heterocycles. The van der Waals surface area contributed by atoms with Crippen LogP contribution in [0.1, 0.15) is 17.2 Å². The first kappa shape index (κ1) is 14.1. The highest BCUT2D eigenvalue weighted by molar-refractivity contribution is 9.10. The molecule has 0 bridgehead atoms. The Kier molecular flexibility index (Phi) is 4.96. The first-order valence-electron chi connectivity index (χ1n) is 6.05. The molecule has 3 nitrogen and oxygen atoms in total. The van der Waals surface area contributed by atoms with Gasteiger partial charge in [-0.2, -0.15) is 0 Å². The number of hydrogen-bond acceptors (Lipinski definition) is 3. The highest BCUT2D eigenvalue weighted by atomic mass is 79.9. The molecule has 19 heavy (non-hydrogen) atoms. The molecule has 0 amide bonds. The molecule has 0 saturated carbocycles. The van der Waals surface area contributed by atoms with Crippen molar-refractivity contribution < 1.29 is 9.84 Å². The summed E-state index contributed by atoms with van der Waals surface area (Å²) in [6, 6.07) is 15.3. The maximum Gasteiger partial charge on any atom is 0.136 e. The molecule has 0 fully saturated rings. The van der Waals surface area contributed by atoms with E-state index in [1.807, 2.05) is 48.5 Å². The zero-order valence-corrected chi connectivity index (χ0v) is 12.0. The smallest absolute Gasteiger partial charge is 0.136 e. The maximum absolute atomic E-state index is 9.29. The predicted octanol–water partition coefficient (Wildman–Crippen LogP) is 3.02. The molecule has 4 heteroatoms. The molecule has 0 spiro atoms. The topological polar surface area (TPSA) is 55.5 Å². The number of halogens is 1. The van der Waals surface area contributed by atoms with Crippen LogP contribution in [0.3, 0.4) is 0 Å². The second kappa shape index (κ2) is 6.70. The van der Waals surface area contributed by atoms with Gasteiger partial charge in [0.1, 0.15) is 11.9 Å². The summed E-state index contributed by atoms with van der Waals surface area (Å²) in [6.45, 7) is 0.329. The quantitative estimate of drug-likeness (QED) is 0.890. The number of para-hydroxylation sites is 1. The van der Waals surface area contributed by atoms with Crippen LogP contribution in [0, 0.1) is 0 Å². The van der Waals surface area contributed by atoms with E-state index >= 15 is 0 Å². The lowest BCUT2D eigenvalue weighted by atomic mass is 10.1. The third-order valence-corrected chi connectivity index (χ3v) is 3.40. The normalized spacial score (nSPS) is 12.2. The van der Waals surface area contributed by atoms with Gasteiger partial charge >= 0.3 is 0 Å². The van der Waals surface area contributed by atoms with Gasteiger partial charge in [-0.25, -0.2) is 0 Å². The van der Waals surface area contributed by atoms with E-state index in [4.69, 9.17) is 10.5 Å². The Hall–Kier alpha value is -1.36. The third-order valence-electron chi connectivity index (χ3n) is 2.87. The minimum absolute atomic E-state index is 0.0478. The SMILES string of the molecule is NCC(Oc1ccccc1CO)c1ccc(Br)cc1. The number of benzene rings is 2. The van der Waals surface area contributed by atoms with Crippen molar-refractivity contribution in [3.8, 4) is 5.75 Å². The van der Waals surface area contributed by atoms with Crippen molar-refractivity contribution in [1.82, 2.24) is 0 Å². The lowest BCUT2D eigenvalue weighted by Gasteiger charge is -2.19. The van der Waals surface area contributed by atoms with Crippen LogP contribution in [-0.2, 0) is 6.61 Å². The summed E-state index contributed by atoms with van der Waals surface area (Å²) in [6.07, 6.45) is -0.221. The molecule has 1 unspecified atom stereocenters.